The predicted octanol–water partition coefficient (Wildman–Crippen LogP) is -6.70. The van der Waals surface area contributed by atoms with Gasteiger partial charge in [-0.2, -0.15) is 0 Å². The summed E-state index contributed by atoms with van der Waals surface area (Å²) in [5, 5.41) is 0. The van der Waals surface area contributed by atoms with Crippen molar-refractivity contribution in [2.24, 2.45) is 17.2 Å². The first kappa shape index (κ1) is 3.53. The number of halogens is 1. The Morgan fingerprint density at radius 1 is 1.62 bits per heavy atom. The highest BCUT2D eigenvalue weighted by molar-refractivity contribution is 5.69. The molecule has 0 spiro atoms. The molecule has 0 atom stereocenters. The molecule has 4 nitrogen and oxygen atoms in total. The fourth-order valence-corrected chi connectivity index (χ4v) is 0.108. The molecule has 0 fully saturated rings. The van der Waals surface area contributed by atoms with Crippen molar-refractivity contribution in [1.29, 1.82) is 0 Å². The lowest BCUT2D eigenvalue weighted by atomic mass is 10.7. The topological polar surface area (TPSA) is 92.0 Å². The highest BCUT2D eigenvalue weighted by Crippen LogP contribution is 1.23. The van der Waals surface area contributed by atoms with Crippen LogP contribution in [0.2, 0.25) is 0 Å². The van der Waals surface area contributed by atoms with Crippen molar-refractivity contribution < 1.29 is 22.9 Å². The molecule has 0 aromatic carbocycles. The average Bonchev–Trinajstić information content (AvgIpc) is 1.56. The van der Waals surface area contributed by atoms with Crippen LogP contribution < -0.4 is 34.6 Å². The van der Waals surface area contributed by atoms with E-state index in [1.165, 1.54) is 0 Å². The van der Waals surface area contributed by atoms with Crippen LogP contribution in [0.5, 0.6) is 0 Å². The summed E-state index contributed by atoms with van der Waals surface area (Å²) in [4.78, 5) is 1.86. The van der Waals surface area contributed by atoms with Crippen LogP contribution in [0.15, 0.2) is 0 Å². The standard InChI is InChI=1S/C3H10N4.ClH/c4-1-2-7-3(5)6;/h1-2,4H2,(H4,5,6,7);1H/i1D2,2D2;. The van der Waals surface area contributed by atoms with Crippen LogP contribution in [0.3, 0.4) is 0 Å². The van der Waals surface area contributed by atoms with E-state index in [9.17, 15) is 0 Å². The lowest BCUT2D eigenvalue weighted by molar-refractivity contribution is -0.455. The van der Waals surface area contributed by atoms with E-state index in [-0.39, 0.29) is 12.4 Å². The minimum Gasteiger partial charge on any atom is -1.00 e. The molecule has 0 saturated heterocycles. The van der Waals surface area contributed by atoms with E-state index in [4.69, 9.17) is 22.7 Å². The van der Waals surface area contributed by atoms with Crippen LogP contribution in [0.4, 0.5) is 0 Å². The summed E-state index contributed by atoms with van der Waals surface area (Å²) >= 11 is 0. The van der Waals surface area contributed by atoms with E-state index < -0.39 is 19.0 Å². The van der Waals surface area contributed by atoms with Gasteiger partial charge in [-0.3, -0.25) is 16.5 Å². The Kier molecular flexibility index (Phi) is 2.87. The van der Waals surface area contributed by atoms with Gasteiger partial charge in [0, 0.05) is 9.24 Å². The van der Waals surface area contributed by atoms with Gasteiger partial charge >= 0.3 is 5.96 Å². The Bertz CT molecular complexity index is 172. The van der Waals surface area contributed by atoms with E-state index in [1.54, 1.807) is 0 Å². The summed E-state index contributed by atoms with van der Waals surface area (Å²) < 4.78 is 27.6. The van der Waals surface area contributed by atoms with E-state index in [2.05, 4.69) is 0 Å². The third-order valence-electron chi connectivity index (χ3n) is 0.279. The minimum atomic E-state index is -2.53. The SMILES string of the molecule is [2H]C([2H])(N)C([2H])([2H])[NH+]=C(N)N.[Cl-]. The van der Waals surface area contributed by atoms with Crippen molar-refractivity contribution in [3.63, 3.8) is 0 Å². The molecule has 0 saturated carbocycles. The Morgan fingerprint density at radius 2 is 2.12 bits per heavy atom. The molecule has 0 heterocycles. The highest BCUT2D eigenvalue weighted by Gasteiger charge is 1.80. The van der Waals surface area contributed by atoms with Gasteiger partial charge < -0.3 is 18.1 Å². The summed E-state index contributed by atoms with van der Waals surface area (Å²) in [6, 6.07) is 0. The number of nitrogens with two attached hydrogens (primary N) is 3. The van der Waals surface area contributed by atoms with Crippen molar-refractivity contribution in [2.45, 2.75) is 0 Å². The van der Waals surface area contributed by atoms with Gasteiger partial charge in [0.1, 0.15) is 0 Å². The molecule has 5 heteroatoms. The normalized spacial score (nSPS) is 18.1. The Labute approximate surface area is 60.2 Å². The summed E-state index contributed by atoms with van der Waals surface area (Å²) in [6.45, 7) is -5.00. The molecular formula is C3H11ClN4. The molecule has 0 aromatic heterocycles. The van der Waals surface area contributed by atoms with Crippen molar-refractivity contribution in [3.8, 4) is 0 Å². The van der Waals surface area contributed by atoms with Gasteiger partial charge in [0.05, 0.1) is 9.24 Å². The second-order valence-electron chi connectivity index (χ2n) is 0.850. The Balaban J connectivity index is 0. The van der Waals surface area contributed by atoms with Crippen molar-refractivity contribution >= 4 is 5.96 Å². The number of guanidine groups is 1. The number of hydrogen-bond donors (Lipinski definition) is 4. The minimum absolute atomic E-state index is 0. The third-order valence-corrected chi connectivity index (χ3v) is 0.279. The maximum absolute atomic E-state index is 6.98. The lowest BCUT2D eigenvalue weighted by Crippen LogP contribution is -3.00. The Hall–Kier alpha value is -0.480. The molecule has 7 N–H and O–H groups in total. The summed E-state index contributed by atoms with van der Waals surface area (Å²) in [6.07, 6.45) is 0. The largest absolute Gasteiger partial charge is 1.00 e. The van der Waals surface area contributed by atoms with Gasteiger partial charge in [0.15, 0.2) is 0 Å². The van der Waals surface area contributed by atoms with Crippen molar-refractivity contribution in [2.75, 3.05) is 13.0 Å². The third kappa shape index (κ3) is 9.10. The highest BCUT2D eigenvalue weighted by atomic mass is 35.5. The van der Waals surface area contributed by atoms with Crippen LogP contribution in [0.25, 0.3) is 0 Å². The van der Waals surface area contributed by atoms with Crippen LogP contribution in [0.1, 0.15) is 5.48 Å². The smallest absolute Gasteiger partial charge is 0.338 e. The van der Waals surface area contributed by atoms with Gasteiger partial charge in [-0.25, -0.2) is 0 Å². The molecule has 8 heavy (non-hydrogen) atoms. The van der Waals surface area contributed by atoms with Gasteiger partial charge in [-0.1, -0.05) is 0 Å². The first-order chi connectivity index (χ1) is 4.67. The van der Waals surface area contributed by atoms with Crippen LogP contribution in [0, 0.1) is 0 Å². The van der Waals surface area contributed by atoms with Crippen molar-refractivity contribution in [3.05, 3.63) is 0 Å². The summed E-state index contributed by atoms with van der Waals surface area (Å²) in [5.74, 6) is -0.413. The Morgan fingerprint density at radius 3 is 2.25 bits per heavy atom. The van der Waals surface area contributed by atoms with E-state index in [0.29, 0.717) is 0 Å². The van der Waals surface area contributed by atoms with Crippen LogP contribution in [-0.2, 0) is 0 Å². The van der Waals surface area contributed by atoms with Crippen molar-refractivity contribution in [1.82, 2.24) is 0 Å². The maximum atomic E-state index is 6.98. The molecule has 50 valence electrons. The maximum Gasteiger partial charge on any atom is 0.338 e. The molecule has 0 aliphatic carbocycles. The lowest BCUT2D eigenvalue weighted by Gasteiger charge is -1.82. The molecule has 0 unspecified atom stereocenters. The number of rotatable bonds is 2. The summed E-state index contributed by atoms with van der Waals surface area (Å²) in [7, 11) is 0. The fraction of sp³-hybridized carbons (Fsp3) is 0.667. The predicted molar refractivity (Wildman–Crippen MR) is 28.3 cm³/mol. The molecule has 0 aromatic rings. The fourth-order valence-electron chi connectivity index (χ4n) is 0.108. The summed E-state index contributed by atoms with van der Waals surface area (Å²) in [5.41, 5.74) is 14.6. The average molecular weight is 143 g/mol. The quantitative estimate of drug-likeness (QED) is 0.228. The molecule has 0 rings (SSSR count). The zero-order valence-corrected chi connectivity index (χ0v) is 4.87. The van der Waals surface area contributed by atoms with E-state index in [1.807, 2.05) is 4.99 Å². The van der Waals surface area contributed by atoms with Gasteiger partial charge in [-0.15, -0.1) is 0 Å². The molecular weight excluding hydrogens is 128 g/mol. The van der Waals surface area contributed by atoms with Gasteiger partial charge in [0.2, 0.25) is 0 Å². The second kappa shape index (κ2) is 6.52. The zero-order chi connectivity index (χ0) is 9.28. The van der Waals surface area contributed by atoms with Gasteiger partial charge in [-0.05, 0) is 0 Å². The van der Waals surface area contributed by atoms with E-state index in [0.717, 1.165) is 0 Å². The van der Waals surface area contributed by atoms with E-state index >= 15 is 0 Å². The first-order valence-corrected chi connectivity index (χ1v) is 1.62. The monoisotopic (exact) mass is 142 g/mol. The van der Waals surface area contributed by atoms with Gasteiger partial charge in [0.25, 0.3) is 0 Å². The molecule has 0 amide bonds. The number of hydrogen-bond acceptors (Lipinski definition) is 1. The molecule has 0 radical (unpaired) electrons. The molecule has 0 aliphatic heterocycles. The first-order valence-electron chi connectivity index (χ1n) is 3.62. The molecule has 0 bridgehead atoms. The number of nitrogens with one attached hydrogen (secondary N) is 1. The molecule has 0 aliphatic rings. The van der Waals surface area contributed by atoms with Crippen LogP contribution >= 0.6 is 0 Å². The second-order valence-corrected chi connectivity index (χ2v) is 0.850. The zero-order valence-electron chi connectivity index (χ0n) is 8.11. The van der Waals surface area contributed by atoms with Crippen LogP contribution in [-0.4, -0.2) is 19.0 Å².